The van der Waals surface area contributed by atoms with Crippen LogP contribution in [-0.4, -0.2) is 41.0 Å². The fraction of sp³-hybridized carbons (Fsp3) is 0.100. The molecule has 0 bridgehead atoms. The number of hydrogen-bond acceptors (Lipinski definition) is 6. The molecule has 0 saturated carbocycles. The Morgan fingerprint density at radius 1 is 0.795 bits per heavy atom. The molecule has 39 heavy (non-hydrogen) atoms. The number of hydrogen-bond donors (Lipinski definition) is 0. The minimum absolute atomic E-state index is 0.126. The quantitative estimate of drug-likeness (QED) is 0.252. The number of amides is 1. The first-order valence-electron chi connectivity index (χ1n) is 12.1. The SMILES string of the molecule is Cc1nnc(N2C(=O)/C(=C\c3ccc(Cl)cc3)N=C2c2ccc(Cl)cc2)nc1/C=C\c1ccc(N(C)C)cc1. The zero-order valence-electron chi connectivity index (χ0n) is 21.5. The number of rotatable bonds is 6. The molecule has 0 unspecified atom stereocenters. The predicted molar refractivity (Wildman–Crippen MR) is 159 cm³/mol. The second-order valence-corrected chi connectivity index (χ2v) is 9.94. The zero-order chi connectivity index (χ0) is 27.5. The summed E-state index contributed by atoms with van der Waals surface area (Å²) < 4.78 is 0. The van der Waals surface area contributed by atoms with E-state index in [1.54, 1.807) is 42.5 Å². The van der Waals surface area contributed by atoms with Gasteiger partial charge in [-0.15, -0.1) is 10.2 Å². The average molecular weight is 555 g/mol. The summed E-state index contributed by atoms with van der Waals surface area (Å²) >= 11 is 12.1. The lowest BCUT2D eigenvalue weighted by Crippen LogP contribution is -2.34. The van der Waals surface area contributed by atoms with Gasteiger partial charge in [0.15, 0.2) is 5.84 Å². The van der Waals surface area contributed by atoms with Gasteiger partial charge in [0.25, 0.3) is 11.9 Å². The number of carbonyl (C=O) groups is 1. The lowest BCUT2D eigenvalue weighted by molar-refractivity contribution is -0.113. The van der Waals surface area contributed by atoms with E-state index in [0.717, 1.165) is 16.8 Å². The van der Waals surface area contributed by atoms with Crippen LogP contribution in [-0.2, 0) is 4.79 Å². The lowest BCUT2D eigenvalue weighted by atomic mass is 10.1. The summed E-state index contributed by atoms with van der Waals surface area (Å²) in [6.45, 7) is 1.82. The first-order valence-corrected chi connectivity index (χ1v) is 12.9. The van der Waals surface area contributed by atoms with Gasteiger partial charge in [-0.05, 0) is 78.7 Å². The monoisotopic (exact) mass is 554 g/mol. The zero-order valence-corrected chi connectivity index (χ0v) is 23.0. The molecule has 1 aromatic heterocycles. The Kier molecular flexibility index (Phi) is 7.54. The molecule has 0 N–H and O–H groups in total. The summed E-state index contributed by atoms with van der Waals surface area (Å²) in [5.41, 5.74) is 5.06. The second-order valence-electron chi connectivity index (χ2n) is 9.07. The van der Waals surface area contributed by atoms with Crippen LogP contribution >= 0.6 is 23.2 Å². The Morgan fingerprint density at radius 3 is 2.05 bits per heavy atom. The molecule has 1 aliphatic heterocycles. The Labute approximate surface area is 236 Å². The third kappa shape index (κ3) is 5.90. The third-order valence-corrected chi connectivity index (χ3v) is 6.56. The van der Waals surface area contributed by atoms with E-state index in [1.807, 2.05) is 74.5 Å². The van der Waals surface area contributed by atoms with Crippen molar-refractivity contribution in [1.29, 1.82) is 0 Å². The standard InChI is InChI=1S/C30H24Cl2N6O/c1-19-26(17-8-20-6-15-25(16-7-20)37(2)3)34-30(36-35-19)38-28(22-9-13-24(32)14-10-22)33-27(29(38)39)18-21-4-11-23(31)12-5-21/h4-18H,1-3H3/b17-8-,27-18+. The van der Waals surface area contributed by atoms with Crippen LogP contribution in [0.4, 0.5) is 11.6 Å². The smallest absolute Gasteiger partial charge is 0.285 e. The summed E-state index contributed by atoms with van der Waals surface area (Å²) in [7, 11) is 4.00. The van der Waals surface area contributed by atoms with Crippen LogP contribution in [0.2, 0.25) is 10.0 Å². The van der Waals surface area contributed by atoms with E-state index in [9.17, 15) is 4.79 Å². The highest BCUT2D eigenvalue weighted by atomic mass is 35.5. The van der Waals surface area contributed by atoms with Gasteiger partial charge in [0.05, 0.1) is 11.4 Å². The molecule has 194 valence electrons. The molecular weight excluding hydrogens is 531 g/mol. The topological polar surface area (TPSA) is 74.6 Å². The number of aliphatic imine (C=N–C) groups is 1. The summed E-state index contributed by atoms with van der Waals surface area (Å²) in [5.74, 6) is 0.146. The fourth-order valence-corrected chi connectivity index (χ4v) is 4.16. The van der Waals surface area contributed by atoms with Crippen molar-refractivity contribution >= 4 is 64.8 Å². The van der Waals surface area contributed by atoms with Crippen LogP contribution in [0.5, 0.6) is 0 Å². The molecule has 4 aromatic rings. The van der Waals surface area contributed by atoms with E-state index in [0.29, 0.717) is 32.8 Å². The van der Waals surface area contributed by atoms with Crippen LogP contribution in [0.25, 0.3) is 18.2 Å². The van der Waals surface area contributed by atoms with Crippen LogP contribution in [0.15, 0.2) is 83.5 Å². The normalized spacial score (nSPS) is 14.4. The molecule has 0 fully saturated rings. The largest absolute Gasteiger partial charge is 0.378 e. The number of nitrogens with zero attached hydrogens (tertiary/aromatic N) is 6. The van der Waals surface area contributed by atoms with Crippen molar-refractivity contribution in [3.8, 4) is 0 Å². The van der Waals surface area contributed by atoms with Crippen LogP contribution in [0, 0.1) is 6.92 Å². The van der Waals surface area contributed by atoms with E-state index < -0.39 is 0 Å². The van der Waals surface area contributed by atoms with E-state index in [2.05, 4.69) is 15.2 Å². The molecule has 0 saturated heterocycles. The Morgan fingerprint density at radius 2 is 1.41 bits per heavy atom. The van der Waals surface area contributed by atoms with E-state index >= 15 is 0 Å². The molecule has 5 rings (SSSR count). The van der Waals surface area contributed by atoms with Gasteiger partial charge in [-0.2, -0.15) is 0 Å². The molecule has 7 nitrogen and oxygen atoms in total. The maximum Gasteiger partial charge on any atom is 0.285 e. The number of anilines is 2. The minimum atomic E-state index is -0.366. The van der Waals surface area contributed by atoms with Crippen molar-refractivity contribution in [2.75, 3.05) is 23.9 Å². The first-order chi connectivity index (χ1) is 18.8. The first kappa shape index (κ1) is 26.3. The van der Waals surface area contributed by atoms with Gasteiger partial charge in [0, 0.05) is 35.4 Å². The Balaban J connectivity index is 1.52. The van der Waals surface area contributed by atoms with Gasteiger partial charge in [-0.3, -0.25) is 4.79 Å². The second kappa shape index (κ2) is 11.2. The fourth-order valence-electron chi connectivity index (χ4n) is 3.90. The third-order valence-electron chi connectivity index (χ3n) is 6.06. The summed E-state index contributed by atoms with van der Waals surface area (Å²) in [6.07, 6.45) is 5.52. The number of amidine groups is 1. The molecule has 0 aliphatic carbocycles. The van der Waals surface area contributed by atoms with Crippen LogP contribution in [0.3, 0.4) is 0 Å². The van der Waals surface area contributed by atoms with Crippen molar-refractivity contribution in [1.82, 2.24) is 15.2 Å². The number of aromatic nitrogens is 3. The molecule has 3 aromatic carbocycles. The van der Waals surface area contributed by atoms with Gasteiger partial charge in [-0.25, -0.2) is 14.9 Å². The molecule has 2 heterocycles. The Hall–Kier alpha value is -4.33. The molecular formula is C30H24Cl2N6O. The van der Waals surface area contributed by atoms with Crippen molar-refractivity contribution in [3.63, 3.8) is 0 Å². The van der Waals surface area contributed by atoms with Crippen LogP contribution in [0.1, 0.15) is 28.1 Å². The highest BCUT2D eigenvalue weighted by Gasteiger charge is 2.35. The number of halogens is 2. The van der Waals surface area contributed by atoms with Gasteiger partial charge >= 0.3 is 0 Å². The van der Waals surface area contributed by atoms with Gasteiger partial charge < -0.3 is 4.90 Å². The molecule has 9 heteroatoms. The Bertz CT molecular complexity index is 1610. The summed E-state index contributed by atoms with van der Waals surface area (Å²) in [5, 5.41) is 9.73. The molecule has 0 radical (unpaired) electrons. The van der Waals surface area contributed by atoms with E-state index in [-0.39, 0.29) is 17.6 Å². The maximum atomic E-state index is 13.7. The predicted octanol–water partition coefficient (Wildman–Crippen LogP) is 6.56. The van der Waals surface area contributed by atoms with Gasteiger partial charge in [0.2, 0.25) is 0 Å². The van der Waals surface area contributed by atoms with Gasteiger partial charge in [0.1, 0.15) is 5.70 Å². The van der Waals surface area contributed by atoms with Crippen molar-refractivity contribution < 1.29 is 4.79 Å². The van der Waals surface area contributed by atoms with E-state index in [4.69, 9.17) is 28.2 Å². The minimum Gasteiger partial charge on any atom is -0.378 e. The van der Waals surface area contributed by atoms with Crippen molar-refractivity contribution in [2.45, 2.75) is 6.92 Å². The molecule has 0 spiro atoms. The van der Waals surface area contributed by atoms with Gasteiger partial charge in [-0.1, -0.05) is 53.5 Å². The molecule has 1 aliphatic rings. The average Bonchev–Trinajstić information content (AvgIpc) is 3.25. The number of aryl methyl sites for hydroxylation is 1. The maximum absolute atomic E-state index is 13.7. The highest BCUT2D eigenvalue weighted by molar-refractivity contribution is 6.33. The molecule has 0 atom stereocenters. The van der Waals surface area contributed by atoms with E-state index in [1.165, 1.54) is 4.90 Å². The lowest BCUT2D eigenvalue weighted by Gasteiger charge is -2.16. The van der Waals surface area contributed by atoms with Crippen molar-refractivity contribution in [2.24, 2.45) is 4.99 Å². The number of benzene rings is 3. The van der Waals surface area contributed by atoms with Crippen molar-refractivity contribution in [3.05, 3.63) is 117 Å². The summed E-state index contributed by atoms with van der Waals surface area (Å²) in [4.78, 5) is 26.4. The number of carbonyl (C=O) groups excluding carboxylic acids is 1. The molecule has 1 amide bonds. The highest BCUT2D eigenvalue weighted by Crippen LogP contribution is 2.27. The van der Waals surface area contributed by atoms with Crippen LogP contribution < -0.4 is 9.80 Å². The summed E-state index contributed by atoms with van der Waals surface area (Å²) in [6, 6.07) is 22.4.